The summed E-state index contributed by atoms with van der Waals surface area (Å²) in [5, 5.41) is 17.7. The number of aryl methyl sites for hydroxylation is 1. The first-order valence-corrected chi connectivity index (χ1v) is 5.27. The van der Waals surface area contributed by atoms with Crippen LogP contribution in [0.3, 0.4) is 0 Å². The number of nitrogens with zero attached hydrogens (tertiary/aromatic N) is 2. The van der Waals surface area contributed by atoms with Gasteiger partial charge in [-0.15, -0.1) is 21.5 Å². The Morgan fingerprint density at radius 3 is 3.00 bits per heavy atom. The standard InChI is InChI=1S/C9H8N2O4S/c1-5-10-11-8(15-5)3-14-6-2-7(9(12)13)16-4-6/h2,4H,3H2,1H3,(H,12,13). The summed E-state index contributed by atoms with van der Waals surface area (Å²) in [6.45, 7) is 1.82. The molecule has 0 bridgehead atoms. The van der Waals surface area contributed by atoms with Crippen LogP contribution in [0.5, 0.6) is 5.75 Å². The molecule has 0 aromatic carbocycles. The average Bonchev–Trinajstić information content (AvgIpc) is 2.83. The van der Waals surface area contributed by atoms with Crippen LogP contribution in [-0.4, -0.2) is 21.3 Å². The third kappa shape index (κ3) is 2.37. The van der Waals surface area contributed by atoms with Crippen molar-refractivity contribution >= 4 is 17.3 Å². The Morgan fingerprint density at radius 1 is 1.62 bits per heavy atom. The lowest BCUT2D eigenvalue weighted by Gasteiger charge is -1.97. The smallest absolute Gasteiger partial charge is 0.346 e. The lowest BCUT2D eigenvalue weighted by Crippen LogP contribution is -1.95. The fraction of sp³-hybridized carbons (Fsp3) is 0.222. The predicted octanol–water partition coefficient (Wildman–Crippen LogP) is 1.72. The van der Waals surface area contributed by atoms with Gasteiger partial charge in [0.1, 0.15) is 10.6 Å². The SMILES string of the molecule is Cc1nnc(COc2csc(C(=O)O)c2)o1. The molecule has 0 saturated heterocycles. The monoisotopic (exact) mass is 240 g/mol. The molecule has 6 nitrogen and oxygen atoms in total. The number of aromatic nitrogens is 2. The highest BCUT2D eigenvalue weighted by molar-refractivity contribution is 7.12. The maximum atomic E-state index is 10.6. The fourth-order valence-corrected chi connectivity index (χ4v) is 1.71. The number of aromatic carboxylic acids is 1. The van der Waals surface area contributed by atoms with Gasteiger partial charge in [0.15, 0.2) is 6.61 Å². The van der Waals surface area contributed by atoms with E-state index in [1.807, 2.05) is 0 Å². The zero-order valence-corrected chi connectivity index (χ0v) is 9.15. The van der Waals surface area contributed by atoms with Crippen molar-refractivity contribution in [2.24, 2.45) is 0 Å². The number of ether oxygens (including phenoxy) is 1. The van der Waals surface area contributed by atoms with Crippen LogP contribution < -0.4 is 4.74 Å². The summed E-state index contributed by atoms with van der Waals surface area (Å²) in [4.78, 5) is 10.8. The normalized spacial score (nSPS) is 10.3. The van der Waals surface area contributed by atoms with Crippen molar-refractivity contribution in [1.29, 1.82) is 0 Å². The van der Waals surface area contributed by atoms with Gasteiger partial charge in [-0.3, -0.25) is 0 Å². The van der Waals surface area contributed by atoms with E-state index >= 15 is 0 Å². The third-order valence-corrected chi connectivity index (χ3v) is 2.61. The largest absolute Gasteiger partial charge is 0.483 e. The van der Waals surface area contributed by atoms with Gasteiger partial charge in [0, 0.05) is 18.4 Å². The van der Waals surface area contributed by atoms with Crippen LogP contribution >= 0.6 is 11.3 Å². The minimum Gasteiger partial charge on any atom is -0.483 e. The fourth-order valence-electron chi connectivity index (χ4n) is 1.05. The number of hydrogen-bond donors (Lipinski definition) is 1. The van der Waals surface area contributed by atoms with Crippen molar-refractivity contribution in [2.75, 3.05) is 0 Å². The Hall–Kier alpha value is -1.89. The van der Waals surface area contributed by atoms with Gasteiger partial charge in [-0.25, -0.2) is 4.79 Å². The number of rotatable bonds is 4. The molecule has 0 aliphatic heterocycles. The van der Waals surface area contributed by atoms with Gasteiger partial charge in [-0.2, -0.15) is 0 Å². The van der Waals surface area contributed by atoms with Crippen molar-refractivity contribution in [3.63, 3.8) is 0 Å². The van der Waals surface area contributed by atoms with Gasteiger partial charge in [0.25, 0.3) is 5.89 Å². The number of hydrogen-bond acceptors (Lipinski definition) is 6. The van der Waals surface area contributed by atoms with Gasteiger partial charge in [-0.1, -0.05) is 0 Å². The average molecular weight is 240 g/mol. The number of thiophene rings is 1. The summed E-state index contributed by atoms with van der Waals surface area (Å²) >= 11 is 1.11. The van der Waals surface area contributed by atoms with Crippen LogP contribution in [0.1, 0.15) is 21.5 Å². The minimum absolute atomic E-state index is 0.136. The molecule has 0 saturated carbocycles. The summed E-state index contributed by atoms with van der Waals surface area (Å²) in [6.07, 6.45) is 0. The molecule has 2 aromatic rings. The zero-order chi connectivity index (χ0) is 11.5. The van der Waals surface area contributed by atoms with Crippen LogP contribution in [0, 0.1) is 6.92 Å². The lowest BCUT2D eigenvalue weighted by atomic mass is 10.4. The minimum atomic E-state index is -0.964. The highest BCUT2D eigenvalue weighted by atomic mass is 32.1. The van der Waals surface area contributed by atoms with Crippen LogP contribution in [0.2, 0.25) is 0 Å². The van der Waals surface area contributed by atoms with E-state index < -0.39 is 5.97 Å². The molecule has 2 heterocycles. The Labute approximate surface area is 94.5 Å². The molecule has 0 atom stereocenters. The van der Waals surface area contributed by atoms with Crippen molar-refractivity contribution in [3.05, 3.63) is 28.1 Å². The van der Waals surface area contributed by atoms with Gasteiger partial charge < -0.3 is 14.3 Å². The van der Waals surface area contributed by atoms with Crippen LogP contribution in [-0.2, 0) is 6.61 Å². The van der Waals surface area contributed by atoms with E-state index in [0.717, 1.165) is 11.3 Å². The zero-order valence-electron chi connectivity index (χ0n) is 8.34. The van der Waals surface area contributed by atoms with E-state index in [1.54, 1.807) is 12.3 Å². The summed E-state index contributed by atoms with van der Waals surface area (Å²) in [7, 11) is 0. The van der Waals surface area contributed by atoms with Crippen molar-refractivity contribution in [1.82, 2.24) is 10.2 Å². The van der Waals surface area contributed by atoms with Gasteiger partial charge in [0.05, 0.1) is 0 Å². The molecule has 7 heteroatoms. The quantitative estimate of drug-likeness (QED) is 0.875. The molecule has 2 aromatic heterocycles. The molecule has 0 unspecified atom stereocenters. The number of carboxylic acids is 1. The maximum Gasteiger partial charge on any atom is 0.346 e. The molecule has 0 amide bonds. The Balaban J connectivity index is 1.97. The van der Waals surface area contributed by atoms with Gasteiger partial charge >= 0.3 is 5.97 Å². The van der Waals surface area contributed by atoms with E-state index in [-0.39, 0.29) is 11.5 Å². The lowest BCUT2D eigenvalue weighted by molar-refractivity contribution is 0.0702. The van der Waals surface area contributed by atoms with E-state index in [4.69, 9.17) is 14.3 Å². The summed E-state index contributed by atoms with van der Waals surface area (Å²) < 4.78 is 10.4. The second-order valence-corrected chi connectivity index (χ2v) is 3.87. The second kappa shape index (κ2) is 4.31. The summed E-state index contributed by atoms with van der Waals surface area (Å²) in [5.41, 5.74) is 0. The molecule has 0 spiro atoms. The van der Waals surface area contributed by atoms with Gasteiger partial charge in [0.2, 0.25) is 5.89 Å². The third-order valence-electron chi connectivity index (χ3n) is 1.72. The second-order valence-electron chi connectivity index (χ2n) is 2.96. The highest BCUT2D eigenvalue weighted by Gasteiger charge is 2.09. The van der Waals surface area contributed by atoms with Crippen molar-refractivity contribution < 1.29 is 19.1 Å². The molecular weight excluding hydrogens is 232 g/mol. The number of carbonyl (C=O) groups is 1. The Kier molecular flexibility index (Phi) is 2.86. The highest BCUT2D eigenvalue weighted by Crippen LogP contribution is 2.22. The Morgan fingerprint density at radius 2 is 2.44 bits per heavy atom. The molecule has 0 aliphatic carbocycles. The summed E-state index contributed by atoms with van der Waals surface area (Å²) in [5.74, 6) is 0.349. The van der Waals surface area contributed by atoms with Crippen LogP contribution in [0.15, 0.2) is 15.9 Å². The molecule has 1 N–H and O–H groups in total. The van der Waals surface area contributed by atoms with Crippen LogP contribution in [0.25, 0.3) is 0 Å². The molecule has 84 valence electrons. The summed E-state index contributed by atoms with van der Waals surface area (Å²) in [6, 6.07) is 1.45. The first-order valence-electron chi connectivity index (χ1n) is 4.39. The molecule has 0 radical (unpaired) electrons. The molecule has 0 fully saturated rings. The van der Waals surface area contributed by atoms with E-state index in [9.17, 15) is 4.79 Å². The topological polar surface area (TPSA) is 85.5 Å². The molecule has 16 heavy (non-hydrogen) atoms. The first kappa shape index (κ1) is 10.6. The van der Waals surface area contributed by atoms with Crippen LogP contribution in [0.4, 0.5) is 0 Å². The van der Waals surface area contributed by atoms with E-state index in [0.29, 0.717) is 17.5 Å². The first-order chi connectivity index (χ1) is 7.65. The van der Waals surface area contributed by atoms with E-state index in [1.165, 1.54) is 6.07 Å². The van der Waals surface area contributed by atoms with E-state index in [2.05, 4.69) is 10.2 Å². The predicted molar refractivity (Wildman–Crippen MR) is 54.6 cm³/mol. The van der Waals surface area contributed by atoms with Crippen molar-refractivity contribution in [3.8, 4) is 5.75 Å². The van der Waals surface area contributed by atoms with Crippen molar-refractivity contribution in [2.45, 2.75) is 13.5 Å². The number of carboxylic acid groups (broad SMARTS) is 1. The maximum absolute atomic E-state index is 10.6. The molecule has 0 aliphatic rings. The Bertz CT molecular complexity index is 505. The van der Waals surface area contributed by atoms with Gasteiger partial charge in [-0.05, 0) is 0 Å². The molecular formula is C9H8N2O4S. The molecule has 2 rings (SSSR count).